The molecule has 2 aromatic carbocycles. The second-order valence-electron chi connectivity index (χ2n) is 6.69. The summed E-state index contributed by atoms with van der Waals surface area (Å²) in [6.07, 6.45) is 0.0420. The zero-order chi connectivity index (χ0) is 17.3. The van der Waals surface area contributed by atoms with Crippen molar-refractivity contribution >= 4 is 22.7 Å². The van der Waals surface area contributed by atoms with E-state index in [2.05, 4.69) is 12.2 Å². The van der Waals surface area contributed by atoms with Crippen LogP contribution in [0, 0.1) is 5.92 Å². The van der Waals surface area contributed by atoms with Crippen LogP contribution in [0.25, 0.3) is 10.8 Å². The Hall–Kier alpha value is -2.04. The number of nitrogens with one attached hydrogen (secondary N) is 1. The highest BCUT2D eigenvalue weighted by Crippen LogP contribution is 2.41. The molecule has 0 heterocycles. The topological polar surface area (TPSA) is 29.1 Å². The zero-order valence-electron chi connectivity index (χ0n) is 13.5. The molecular weight excluding hydrogens is 315 g/mol. The Morgan fingerprint density at radius 2 is 1.79 bits per heavy atom. The van der Waals surface area contributed by atoms with Gasteiger partial charge in [0.05, 0.1) is 5.56 Å². The summed E-state index contributed by atoms with van der Waals surface area (Å²) in [6, 6.07) is 7.51. The number of alkyl halides is 3. The highest BCUT2D eigenvalue weighted by atomic mass is 19.4. The molecular formula is C19H20F3NO. The van der Waals surface area contributed by atoms with Crippen LogP contribution in [0.5, 0.6) is 0 Å². The molecule has 24 heavy (non-hydrogen) atoms. The number of carbonyl (C=O) groups is 1. The minimum Gasteiger partial charge on any atom is -0.382 e. The van der Waals surface area contributed by atoms with Crippen molar-refractivity contribution in [3.63, 3.8) is 0 Å². The molecule has 2 nitrogen and oxygen atoms in total. The number of benzene rings is 2. The van der Waals surface area contributed by atoms with E-state index in [0.29, 0.717) is 23.2 Å². The molecule has 1 saturated carbocycles. The molecule has 5 heteroatoms. The van der Waals surface area contributed by atoms with Crippen LogP contribution in [0.2, 0.25) is 0 Å². The largest absolute Gasteiger partial charge is 0.418 e. The van der Waals surface area contributed by atoms with E-state index in [9.17, 15) is 18.0 Å². The summed E-state index contributed by atoms with van der Waals surface area (Å²) in [5.41, 5.74) is -0.137. The summed E-state index contributed by atoms with van der Waals surface area (Å²) in [6.45, 7) is 2.18. The van der Waals surface area contributed by atoms with E-state index in [1.54, 1.807) is 6.07 Å². The summed E-state index contributed by atoms with van der Waals surface area (Å²) < 4.78 is 41.0. The van der Waals surface area contributed by atoms with E-state index in [1.807, 2.05) is 0 Å². The maximum atomic E-state index is 13.7. The maximum Gasteiger partial charge on any atom is 0.418 e. The molecule has 0 unspecified atom stereocenters. The van der Waals surface area contributed by atoms with Crippen molar-refractivity contribution in [1.82, 2.24) is 0 Å². The fraction of sp³-hybridized carbons (Fsp3) is 0.421. The Labute approximate surface area is 139 Å². The fourth-order valence-corrected chi connectivity index (χ4v) is 3.47. The summed E-state index contributed by atoms with van der Waals surface area (Å²) in [7, 11) is 0. The van der Waals surface area contributed by atoms with Crippen LogP contribution in [-0.2, 0) is 6.18 Å². The van der Waals surface area contributed by atoms with Gasteiger partial charge < -0.3 is 5.32 Å². The van der Waals surface area contributed by atoms with Crippen molar-refractivity contribution in [1.29, 1.82) is 0 Å². The second kappa shape index (κ2) is 6.46. The summed E-state index contributed by atoms with van der Waals surface area (Å²) in [5, 5.41) is 3.66. The molecule has 3 rings (SSSR count). The fourth-order valence-electron chi connectivity index (χ4n) is 3.47. The number of carbonyl (C=O) groups excluding carboxylic acids is 1. The predicted octanol–water partition coefficient (Wildman–Crippen LogP) is 5.66. The van der Waals surface area contributed by atoms with Gasteiger partial charge in [0.25, 0.3) is 0 Å². The van der Waals surface area contributed by atoms with Crippen LogP contribution < -0.4 is 5.32 Å². The van der Waals surface area contributed by atoms with Gasteiger partial charge in [-0.3, -0.25) is 4.79 Å². The first-order valence-corrected chi connectivity index (χ1v) is 8.24. The molecule has 0 radical (unpaired) electrons. The molecule has 2 aromatic rings. The molecule has 0 amide bonds. The molecule has 0 atom stereocenters. The number of aldehydes is 1. The van der Waals surface area contributed by atoms with Crippen molar-refractivity contribution in [2.75, 3.05) is 5.32 Å². The lowest BCUT2D eigenvalue weighted by atomic mass is 9.87. The average Bonchev–Trinajstić information content (AvgIpc) is 2.55. The lowest BCUT2D eigenvalue weighted by Gasteiger charge is -2.29. The minimum atomic E-state index is -4.45. The molecule has 128 valence electrons. The molecule has 1 N–H and O–H groups in total. The van der Waals surface area contributed by atoms with E-state index in [4.69, 9.17) is 0 Å². The number of halogens is 3. The third-order valence-corrected chi connectivity index (χ3v) is 4.84. The molecule has 0 aliphatic heterocycles. The Kier molecular flexibility index (Phi) is 4.52. The van der Waals surface area contributed by atoms with Gasteiger partial charge >= 0.3 is 6.18 Å². The summed E-state index contributed by atoms with van der Waals surface area (Å²) >= 11 is 0. The summed E-state index contributed by atoms with van der Waals surface area (Å²) in [5.74, 6) is 0.642. The van der Waals surface area contributed by atoms with Gasteiger partial charge in [-0.15, -0.1) is 0 Å². The van der Waals surface area contributed by atoms with Gasteiger partial charge in [0.1, 0.15) is 6.29 Å². The first-order valence-electron chi connectivity index (χ1n) is 8.24. The van der Waals surface area contributed by atoms with Crippen LogP contribution in [0.15, 0.2) is 30.3 Å². The van der Waals surface area contributed by atoms with Crippen molar-refractivity contribution in [3.8, 4) is 0 Å². The summed E-state index contributed by atoms with van der Waals surface area (Å²) in [4.78, 5) is 10.9. The predicted molar refractivity (Wildman–Crippen MR) is 89.4 cm³/mol. The van der Waals surface area contributed by atoms with Crippen LogP contribution in [0.3, 0.4) is 0 Å². The number of hydrogen-bond acceptors (Lipinski definition) is 2. The monoisotopic (exact) mass is 335 g/mol. The molecule has 0 aromatic heterocycles. The quantitative estimate of drug-likeness (QED) is 0.733. The van der Waals surface area contributed by atoms with Gasteiger partial charge in [-0.25, -0.2) is 0 Å². The van der Waals surface area contributed by atoms with Gasteiger partial charge in [0.15, 0.2) is 0 Å². The van der Waals surface area contributed by atoms with Crippen molar-refractivity contribution in [3.05, 3.63) is 41.5 Å². The molecule has 1 aliphatic rings. The van der Waals surface area contributed by atoms with Crippen molar-refractivity contribution < 1.29 is 18.0 Å². The van der Waals surface area contributed by atoms with Gasteiger partial charge in [0, 0.05) is 17.3 Å². The van der Waals surface area contributed by atoms with Crippen LogP contribution in [0.4, 0.5) is 18.9 Å². The number of rotatable bonds is 3. The Morgan fingerprint density at radius 1 is 1.08 bits per heavy atom. The van der Waals surface area contributed by atoms with Gasteiger partial charge in [0.2, 0.25) is 0 Å². The third kappa shape index (κ3) is 3.40. The standard InChI is InChI=1S/C19H20F3NO/c1-12-2-6-15(7-3-12)23-17-9-5-14-10-13(11-24)4-8-16(14)18(17)19(20,21)22/h4-5,8-12,15,23H,2-3,6-7H2,1H3. The van der Waals surface area contributed by atoms with E-state index in [0.717, 1.165) is 25.7 Å². The lowest BCUT2D eigenvalue weighted by Crippen LogP contribution is -2.26. The molecule has 0 spiro atoms. The van der Waals surface area contributed by atoms with Crippen LogP contribution in [-0.4, -0.2) is 12.3 Å². The highest BCUT2D eigenvalue weighted by molar-refractivity contribution is 5.94. The molecule has 1 fully saturated rings. The molecule has 0 saturated heterocycles. The minimum absolute atomic E-state index is 0.0778. The van der Waals surface area contributed by atoms with Gasteiger partial charge in [-0.05, 0) is 54.5 Å². The zero-order valence-corrected chi connectivity index (χ0v) is 13.5. The number of fused-ring (bicyclic) bond motifs is 1. The smallest absolute Gasteiger partial charge is 0.382 e. The maximum absolute atomic E-state index is 13.7. The van der Waals surface area contributed by atoms with Crippen molar-refractivity contribution in [2.45, 2.75) is 44.8 Å². The van der Waals surface area contributed by atoms with E-state index < -0.39 is 11.7 Å². The highest BCUT2D eigenvalue weighted by Gasteiger charge is 2.36. The lowest BCUT2D eigenvalue weighted by molar-refractivity contribution is -0.135. The van der Waals surface area contributed by atoms with Crippen LogP contribution in [0.1, 0.15) is 48.5 Å². The van der Waals surface area contributed by atoms with Gasteiger partial charge in [-0.1, -0.05) is 25.1 Å². The third-order valence-electron chi connectivity index (χ3n) is 4.84. The Bertz CT molecular complexity index is 746. The van der Waals surface area contributed by atoms with E-state index in [1.165, 1.54) is 24.3 Å². The van der Waals surface area contributed by atoms with E-state index in [-0.39, 0.29) is 17.1 Å². The van der Waals surface area contributed by atoms with Crippen LogP contribution >= 0.6 is 0 Å². The number of anilines is 1. The van der Waals surface area contributed by atoms with Gasteiger partial charge in [-0.2, -0.15) is 13.2 Å². The average molecular weight is 335 g/mol. The van der Waals surface area contributed by atoms with E-state index >= 15 is 0 Å². The molecule has 0 bridgehead atoms. The Balaban J connectivity index is 2.02. The molecule has 1 aliphatic carbocycles. The number of hydrogen-bond donors (Lipinski definition) is 1. The SMILES string of the molecule is CC1CCC(Nc2ccc3cc(C=O)ccc3c2C(F)(F)F)CC1. The first-order chi connectivity index (χ1) is 11.4. The Morgan fingerprint density at radius 3 is 2.42 bits per heavy atom. The second-order valence-corrected chi connectivity index (χ2v) is 6.69. The normalized spacial score (nSPS) is 21.7. The first kappa shape index (κ1) is 16.8. The van der Waals surface area contributed by atoms with Crippen molar-refractivity contribution in [2.24, 2.45) is 5.92 Å².